The lowest BCUT2D eigenvalue weighted by Gasteiger charge is -2.09. The van der Waals surface area contributed by atoms with E-state index in [2.05, 4.69) is 15.4 Å². The molecule has 0 unspecified atom stereocenters. The van der Waals surface area contributed by atoms with Crippen LogP contribution in [-0.2, 0) is 11.3 Å². The zero-order valence-corrected chi connectivity index (χ0v) is 17.2. The third kappa shape index (κ3) is 3.50. The van der Waals surface area contributed by atoms with Gasteiger partial charge in [0.1, 0.15) is 5.82 Å². The molecule has 7 nitrogen and oxygen atoms in total. The first kappa shape index (κ1) is 19.6. The van der Waals surface area contributed by atoms with Crippen molar-refractivity contribution >= 4 is 22.7 Å². The molecular formula is C23H23N5O2. The number of imidazole rings is 1. The summed E-state index contributed by atoms with van der Waals surface area (Å²) in [6, 6.07) is 17.4. The minimum absolute atomic E-state index is 0.330. The summed E-state index contributed by atoms with van der Waals surface area (Å²) in [5, 5.41) is 7.19. The summed E-state index contributed by atoms with van der Waals surface area (Å²) in [7, 11) is 0. The zero-order valence-electron chi connectivity index (χ0n) is 17.2. The van der Waals surface area contributed by atoms with Crippen molar-refractivity contribution in [2.24, 2.45) is 0 Å². The summed E-state index contributed by atoms with van der Waals surface area (Å²) in [6.07, 6.45) is 0. The predicted octanol–water partition coefficient (Wildman–Crippen LogP) is 3.15. The number of aryl methyl sites for hydroxylation is 2. The van der Waals surface area contributed by atoms with E-state index >= 15 is 0 Å². The van der Waals surface area contributed by atoms with Gasteiger partial charge in [0.25, 0.3) is 11.7 Å². The predicted molar refractivity (Wildman–Crippen MR) is 115 cm³/mol. The quantitative estimate of drug-likeness (QED) is 0.397. The van der Waals surface area contributed by atoms with Crippen LogP contribution in [0.1, 0.15) is 27.6 Å². The van der Waals surface area contributed by atoms with E-state index in [0.717, 1.165) is 22.5 Å². The van der Waals surface area contributed by atoms with E-state index in [0.29, 0.717) is 30.0 Å². The number of hydrogen-bond acceptors (Lipinski definition) is 4. The lowest BCUT2D eigenvalue weighted by molar-refractivity contribution is -0.117. The van der Waals surface area contributed by atoms with Gasteiger partial charge in [-0.15, -0.1) is 0 Å². The molecule has 2 heterocycles. The fourth-order valence-corrected chi connectivity index (χ4v) is 3.75. The summed E-state index contributed by atoms with van der Waals surface area (Å²) in [4.78, 5) is 29.9. The maximum absolute atomic E-state index is 12.8. The van der Waals surface area contributed by atoms with Crippen LogP contribution in [0.3, 0.4) is 0 Å². The number of rotatable bonds is 6. The molecule has 0 aliphatic heterocycles. The summed E-state index contributed by atoms with van der Waals surface area (Å²) < 4.78 is 3.72. The van der Waals surface area contributed by atoms with Crippen LogP contribution in [0.25, 0.3) is 16.7 Å². The average Bonchev–Trinajstić information content (AvgIpc) is 3.23. The van der Waals surface area contributed by atoms with E-state index in [1.54, 1.807) is 18.5 Å². The number of hydrogen-bond donors (Lipinski definition) is 1. The Labute approximate surface area is 174 Å². The Morgan fingerprint density at radius 2 is 1.67 bits per heavy atom. The second kappa shape index (κ2) is 7.94. The second-order valence-corrected chi connectivity index (χ2v) is 7.18. The van der Waals surface area contributed by atoms with E-state index < -0.39 is 11.7 Å². The standard InChI is InChI=1S/C23H23N5O2/c1-15-21(16(2)28(26-15)18-9-5-4-6-10-18)22(29)23(30)24-13-14-27-17(3)25-19-11-7-8-12-20(19)27/h4-12H,13-14H2,1-3H3,(H,24,30). The van der Waals surface area contributed by atoms with Gasteiger partial charge in [0, 0.05) is 13.1 Å². The highest BCUT2D eigenvalue weighted by atomic mass is 16.2. The first-order chi connectivity index (χ1) is 14.5. The third-order valence-electron chi connectivity index (χ3n) is 5.19. The van der Waals surface area contributed by atoms with Gasteiger partial charge >= 0.3 is 0 Å². The molecule has 0 saturated carbocycles. The van der Waals surface area contributed by atoms with Gasteiger partial charge in [-0.1, -0.05) is 30.3 Å². The average molecular weight is 401 g/mol. The summed E-state index contributed by atoms with van der Waals surface area (Å²) in [5.74, 6) is -0.331. The number of para-hydroxylation sites is 3. The van der Waals surface area contributed by atoms with E-state index in [4.69, 9.17) is 0 Å². The largest absolute Gasteiger partial charge is 0.347 e. The Bertz CT molecular complexity index is 1240. The molecule has 0 aliphatic rings. The number of carbonyl (C=O) groups excluding carboxylic acids is 2. The van der Waals surface area contributed by atoms with Crippen LogP contribution in [-0.4, -0.2) is 37.6 Å². The zero-order chi connectivity index (χ0) is 21.3. The van der Waals surface area contributed by atoms with Crippen LogP contribution in [0, 0.1) is 20.8 Å². The van der Waals surface area contributed by atoms with Crippen LogP contribution >= 0.6 is 0 Å². The van der Waals surface area contributed by atoms with Crippen LogP contribution < -0.4 is 5.32 Å². The number of fused-ring (bicyclic) bond motifs is 1. The number of nitrogens with one attached hydrogen (secondary N) is 1. The highest BCUT2D eigenvalue weighted by Crippen LogP contribution is 2.19. The highest BCUT2D eigenvalue weighted by molar-refractivity contribution is 6.43. The van der Waals surface area contributed by atoms with Crippen LogP contribution in [0.15, 0.2) is 54.6 Å². The molecule has 0 fully saturated rings. The molecule has 7 heteroatoms. The van der Waals surface area contributed by atoms with E-state index in [-0.39, 0.29) is 0 Å². The van der Waals surface area contributed by atoms with Gasteiger partial charge in [0.05, 0.1) is 33.7 Å². The number of aromatic nitrogens is 4. The summed E-state index contributed by atoms with van der Waals surface area (Å²) in [6.45, 7) is 6.34. The lowest BCUT2D eigenvalue weighted by Crippen LogP contribution is -2.34. The van der Waals surface area contributed by atoms with Gasteiger partial charge in [-0.3, -0.25) is 9.59 Å². The Hall–Kier alpha value is -3.74. The Morgan fingerprint density at radius 1 is 0.967 bits per heavy atom. The lowest BCUT2D eigenvalue weighted by atomic mass is 10.1. The minimum atomic E-state index is -0.629. The molecule has 0 bridgehead atoms. The second-order valence-electron chi connectivity index (χ2n) is 7.18. The first-order valence-electron chi connectivity index (χ1n) is 9.83. The topological polar surface area (TPSA) is 81.8 Å². The molecule has 152 valence electrons. The highest BCUT2D eigenvalue weighted by Gasteiger charge is 2.24. The number of amides is 1. The van der Waals surface area contributed by atoms with Gasteiger partial charge in [-0.25, -0.2) is 9.67 Å². The van der Waals surface area contributed by atoms with Crippen LogP contribution in [0.5, 0.6) is 0 Å². The summed E-state index contributed by atoms with van der Waals surface area (Å²) in [5.41, 5.74) is 4.30. The van der Waals surface area contributed by atoms with Crippen molar-refractivity contribution in [3.63, 3.8) is 0 Å². The fraction of sp³-hybridized carbons (Fsp3) is 0.217. The smallest absolute Gasteiger partial charge is 0.292 e. The van der Waals surface area contributed by atoms with Crippen molar-refractivity contribution in [2.75, 3.05) is 6.54 Å². The van der Waals surface area contributed by atoms with E-state index in [9.17, 15) is 9.59 Å². The Balaban J connectivity index is 1.47. The SMILES string of the molecule is Cc1nn(-c2ccccc2)c(C)c1C(=O)C(=O)NCCn1c(C)nc2ccccc21. The molecule has 0 saturated heterocycles. The maximum Gasteiger partial charge on any atom is 0.292 e. The first-order valence-corrected chi connectivity index (χ1v) is 9.83. The molecule has 2 aromatic carbocycles. The van der Waals surface area contributed by atoms with Crippen molar-refractivity contribution in [1.29, 1.82) is 0 Å². The molecule has 4 aromatic rings. The maximum atomic E-state index is 12.8. The summed E-state index contributed by atoms with van der Waals surface area (Å²) >= 11 is 0. The molecule has 2 aromatic heterocycles. The van der Waals surface area contributed by atoms with Crippen molar-refractivity contribution in [3.8, 4) is 5.69 Å². The number of carbonyl (C=O) groups is 2. The third-order valence-corrected chi connectivity index (χ3v) is 5.19. The molecule has 1 amide bonds. The number of nitrogens with zero attached hydrogens (tertiary/aromatic N) is 4. The van der Waals surface area contributed by atoms with Gasteiger partial charge in [-0.2, -0.15) is 5.10 Å². The monoisotopic (exact) mass is 401 g/mol. The van der Waals surface area contributed by atoms with Crippen LogP contribution in [0.4, 0.5) is 0 Å². The van der Waals surface area contributed by atoms with Gasteiger partial charge in [0.2, 0.25) is 0 Å². The number of Topliss-reactive ketones (excluding diaryl/α,β-unsaturated/α-hetero) is 1. The van der Waals surface area contributed by atoms with E-state index in [1.165, 1.54) is 0 Å². The number of benzene rings is 2. The van der Waals surface area contributed by atoms with Gasteiger partial charge in [-0.05, 0) is 45.0 Å². The molecular weight excluding hydrogens is 378 g/mol. The molecule has 0 radical (unpaired) electrons. The van der Waals surface area contributed by atoms with Crippen molar-refractivity contribution < 1.29 is 9.59 Å². The van der Waals surface area contributed by atoms with E-state index in [1.807, 2.05) is 66.1 Å². The van der Waals surface area contributed by atoms with Crippen molar-refractivity contribution in [3.05, 3.63) is 77.4 Å². The molecule has 0 spiro atoms. The number of ketones is 1. The molecule has 4 rings (SSSR count). The Kier molecular flexibility index (Phi) is 5.18. The van der Waals surface area contributed by atoms with Crippen molar-refractivity contribution in [2.45, 2.75) is 27.3 Å². The molecule has 0 aliphatic carbocycles. The van der Waals surface area contributed by atoms with Gasteiger partial charge < -0.3 is 9.88 Å². The fourth-order valence-electron chi connectivity index (χ4n) is 3.75. The van der Waals surface area contributed by atoms with Crippen molar-refractivity contribution in [1.82, 2.24) is 24.6 Å². The van der Waals surface area contributed by atoms with Gasteiger partial charge in [0.15, 0.2) is 0 Å². The Morgan fingerprint density at radius 3 is 2.43 bits per heavy atom. The normalized spacial score (nSPS) is 11.0. The van der Waals surface area contributed by atoms with Crippen LogP contribution in [0.2, 0.25) is 0 Å². The molecule has 0 atom stereocenters. The molecule has 1 N–H and O–H groups in total. The minimum Gasteiger partial charge on any atom is -0.347 e. The molecule has 30 heavy (non-hydrogen) atoms.